The van der Waals surface area contributed by atoms with Gasteiger partial charge in [-0.25, -0.2) is 0 Å². The molecule has 0 spiro atoms. The molecule has 5 heteroatoms. The minimum Gasteiger partial charge on any atom is -0.473 e. The third-order valence-corrected chi connectivity index (χ3v) is 10.9. The van der Waals surface area contributed by atoms with Crippen LogP contribution in [0.5, 0.6) is 11.5 Å². The maximum atomic E-state index is 13.9. The van der Waals surface area contributed by atoms with Crippen molar-refractivity contribution in [1.82, 2.24) is 0 Å². The van der Waals surface area contributed by atoms with Crippen LogP contribution in [0, 0.1) is 16.7 Å². The average Bonchev–Trinajstić information content (AvgIpc) is 2.99. The smallest absolute Gasteiger partial charge is 0.320 e. The molecular formula is C38H59NO4. The Bertz CT molecular complexity index is 1170. The molecule has 3 rings (SSSR count). The van der Waals surface area contributed by atoms with Crippen LogP contribution in [0.4, 0.5) is 0 Å². The van der Waals surface area contributed by atoms with Gasteiger partial charge in [0, 0.05) is 12.5 Å². The topological polar surface area (TPSA) is 70.8 Å². The molecule has 2 aromatic carbocycles. The number of ether oxygens (including phenoxy) is 3. The number of nitrogens with two attached hydrogens (primary N) is 1. The third kappa shape index (κ3) is 6.83. The van der Waals surface area contributed by atoms with Crippen LogP contribution in [0.1, 0.15) is 131 Å². The summed E-state index contributed by atoms with van der Waals surface area (Å²) in [4.78, 5) is 13.9. The first-order chi connectivity index (χ1) is 20.3. The van der Waals surface area contributed by atoms with Crippen LogP contribution in [0.25, 0.3) is 0 Å². The molecular weight excluding hydrogens is 534 g/mol. The van der Waals surface area contributed by atoms with E-state index in [0.29, 0.717) is 24.5 Å². The van der Waals surface area contributed by atoms with Crippen LogP contribution in [-0.2, 0) is 14.9 Å². The number of carbonyl (C=O) groups excluding carboxylic acids is 1. The molecule has 0 saturated heterocycles. The maximum absolute atomic E-state index is 13.9. The number of hydrogen-bond acceptors (Lipinski definition) is 5. The zero-order chi connectivity index (χ0) is 32.1. The van der Waals surface area contributed by atoms with E-state index < -0.39 is 16.7 Å². The first-order valence-electron chi connectivity index (χ1n) is 16.7. The molecule has 1 aliphatic carbocycles. The Morgan fingerprint density at radius 1 is 0.791 bits per heavy atom. The molecule has 0 aliphatic heterocycles. The van der Waals surface area contributed by atoms with Crippen molar-refractivity contribution < 1.29 is 19.0 Å². The quantitative estimate of drug-likeness (QED) is 0.134. The summed E-state index contributed by atoms with van der Waals surface area (Å²) in [5.41, 5.74) is 7.08. The monoisotopic (exact) mass is 593 g/mol. The lowest BCUT2D eigenvalue weighted by Gasteiger charge is -2.49. The molecule has 5 nitrogen and oxygen atoms in total. The van der Waals surface area contributed by atoms with E-state index in [1.165, 1.54) is 17.5 Å². The van der Waals surface area contributed by atoms with E-state index in [1.54, 1.807) is 7.11 Å². The van der Waals surface area contributed by atoms with Crippen LogP contribution in [0.15, 0.2) is 48.5 Å². The molecule has 240 valence electrons. The second-order valence-corrected chi connectivity index (χ2v) is 13.9. The van der Waals surface area contributed by atoms with Gasteiger partial charge in [-0.1, -0.05) is 86.6 Å². The fourth-order valence-electron chi connectivity index (χ4n) is 8.48. The van der Waals surface area contributed by atoms with E-state index in [1.807, 2.05) is 12.1 Å². The van der Waals surface area contributed by atoms with Crippen molar-refractivity contribution >= 4 is 5.97 Å². The van der Waals surface area contributed by atoms with Crippen molar-refractivity contribution in [3.8, 4) is 11.5 Å². The van der Waals surface area contributed by atoms with Crippen molar-refractivity contribution in [2.45, 2.75) is 137 Å². The summed E-state index contributed by atoms with van der Waals surface area (Å²) in [6.45, 7) is 19.6. The molecule has 1 saturated carbocycles. The van der Waals surface area contributed by atoms with Gasteiger partial charge < -0.3 is 14.2 Å². The van der Waals surface area contributed by atoms with Gasteiger partial charge >= 0.3 is 5.97 Å². The van der Waals surface area contributed by atoms with Gasteiger partial charge in [0.2, 0.25) is 0 Å². The Morgan fingerprint density at radius 2 is 1.28 bits per heavy atom. The predicted octanol–water partition coefficient (Wildman–Crippen LogP) is 9.59. The van der Waals surface area contributed by atoms with Gasteiger partial charge in [0.1, 0.15) is 11.5 Å². The molecule has 0 aromatic heterocycles. The van der Waals surface area contributed by atoms with Gasteiger partial charge in [0.05, 0.1) is 11.0 Å². The van der Waals surface area contributed by atoms with E-state index in [9.17, 15) is 4.79 Å². The molecule has 2 N–H and O–H groups in total. The second-order valence-electron chi connectivity index (χ2n) is 13.9. The molecule has 2 unspecified atom stereocenters. The zero-order valence-corrected chi connectivity index (χ0v) is 28.8. The second kappa shape index (κ2) is 13.7. The summed E-state index contributed by atoms with van der Waals surface area (Å²) in [6, 6.07) is 16.9. The van der Waals surface area contributed by atoms with Gasteiger partial charge in [-0.3, -0.25) is 10.5 Å². The first-order valence-corrected chi connectivity index (χ1v) is 16.7. The summed E-state index contributed by atoms with van der Waals surface area (Å²) in [5, 5.41) is 0. The fraction of sp³-hybridized carbons (Fsp3) is 0.658. The fourth-order valence-corrected chi connectivity index (χ4v) is 8.48. The Hall–Kier alpha value is -2.37. The minimum absolute atomic E-state index is 0.163. The molecule has 0 radical (unpaired) electrons. The van der Waals surface area contributed by atoms with Crippen molar-refractivity contribution in [3.63, 3.8) is 0 Å². The Labute approximate surface area is 262 Å². The summed E-state index contributed by atoms with van der Waals surface area (Å²) in [7, 11) is 1.72. The molecule has 43 heavy (non-hydrogen) atoms. The number of methoxy groups -OCH3 is 1. The lowest BCUT2D eigenvalue weighted by atomic mass is 9.55. The molecule has 1 aliphatic rings. The van der Waals surface area contributed by atoms with E-state index in [4.69, 9.17) is 19.9 Å². The number of rotatable bonds is 14. The predicted molar refractivity (Wildman–Crippen MR) is 178 cm³/mol. The third-order valence-electron chi connectivity index (χ3n) is 10.9. The molecule has 0 bridgehead atoms. The molecule has 0 amide bonds. The van der Waals surface area contributed by atoms with E-state index in [-0.39, 0.29) is 16.8 Å². The van der Waals surface area contributed by atoms with Crippen molar-refractivity contribution in [3.05, 3.63) is 59.7 Å². The standard InChI is InChI=1S/C38H59NO4/c1-11-36(12-2,37(13-3,14-4)41-10)33(40)42-31-21-17-29(18-22-31)35(26-28(7)25-34(8,9)27-35)30-19-23-32(24-20-30)43-38(39,15-5)16-6/h17-24,28H,11-16,25-27,39H2,1-10H3. The van der Waals surface area contributed by atoms with Crippen molar-refractivity contribution in [1.29, 1.82) is 0 Å². The van der Waals surface area contributed by atoms with Gasteiger partial charge in [-0.2, -0.15) is 0 Å². The Morgan fingerprint density at radius 3 is 1.67 bits per heavy atom. The summed E-state index contributed by atoms with van der Waals surface area (Å²) >= 11 is 0. The van der Waals surface area contributed by atoms with E-state index >= 15 is 0 Å². The van der Waals surface area contributed by atoms with Crippen LogP contribution in [0.3, 0.4) is 0 Å². The number of carbonyl (C=O) groups is 1. The molecule has 0 heterocycles. The number of hydrogen-bond donors (Lipinski definition) is 1. The average molecular weight is 594 g/mol. The van der Waals surface area contributed by atoms with Gasteiger partial charge in [0.15, 0.2) is 5.72 Å². The largest absolute Gasteiger partial charge is 0.473 e. The van der Waals surface area contributed by atoms with Gasteiger partial charge in [0.25, 0.3) is 0 Å². The summed E-state index contributed by atoms with van der Waals surface area (Å²) < 4.78 is 18.4. The molecule has 2 aromatic rings. The maximum Gasteiger partial charge on any atom is 0.320 e. The zero-order valence-electron chi connectivity index (χ0n) is 28.8. The highest BCUT2D eigenvalue weighted by molar-refractivity contribution is 5.80. The van der Waals surface area contributed by atoms with Crippen LogP contribution in [-0.4, -0.2) is 24.4 Å². The summed E-state index contributed by atoms with van der Waals surface area (Å²) in [6.07, 6.45) is 7.60. The highest BCUT2D eigenvalue weighted by Crippen LogP contribution is 2.54. The lowest BCUT2D eigenvalue weighted by molar-refractivity contribution is -0.176. The Balaban J connectivity index is 2.00. The van der Waals surface area contributed by atoms with Crippen LogP contribution < -0.4 is 15.2 Å². The van der Waals surface area contributed by atoms with Gasteiger partial charge in [-0.15, -0.1) is 0 Å². The van der Waals surface area contributed by atoms with E-state index in [2.05, 4.69) is 98.7 Å². The first kappa shape index (κ1) is 35.1. The minimum atomic E-state index is -0.714. The Kier molecular flexibility index (Phi) is 11.2. The van der Waals surface area contributed by atoms with Crippen molar-refractivity contribution in [2.75, 3.05) is 7.11 Å². The van der Waals surface area contributed by atoms with E-state index in [0.717, 1.165) is 44.3 Å². The van der Waals surface area contributed by atoms with Gasteiger partial charge in [-0.05, 0) is 105 Å². The summed E-state index contributed by atoms with van der Waals surface area (Å²) in [5.74, 6) is 1.74. The molecule has 1 fully saturated rings. The van der Waals surface area contributed by atoms with Crippen LogP contribution in [0.2, 0.25) is 0 Å². The SMILES string of the molecule is CCC(N)(CC)Oc1ccc(C2(c3ccc(OC(=O)C(CC)(CC)C(CC)(CC)OC)cc3)CC(C)CC(C)(C)C2)cc1. The number of esters is 1. The lowest BCUT2D eigenvalue weighted by Crippen LogP contribution is -2.54. The number of benzene rings is 2. The van der Waals surface area contributed by atoms with Crippen LogP contribution >= 0.6 is 0 Å². The highest BCUT2D eigenvalue weighted by atomic mass is 16.5. The highest BCUT2D eigenvalue weighted by Gasteiger charge is 2.54. The molecule has 2 atom stereocenters. The normalized spacial score (nSPS) is 21.0. The van der Waals surface area contributed by atoms with Crippen molar-refractivity contribution in [2.24, 2.45) is 22.5 Å².